The Morgan fingerprint density at radius 2 is 1.47 bits per heavy atom. The second-order valence-electron chi connectivity index (χ2n) is 8.35. The Morgan fingerprint density at radius 1 is 0.895 bits per heavy atom. The van der Waals surface area contributed by atoms with Gasteiger partial charge in [-0.3, -0.25) is 9.52 Å². The molecule has 0 atom stereocenters. The lowest BCUT2D eigenvalue weighted by atomic mass is 9.99. The smallest absolute Gasteiger partial charge is 0.378 e. The van der Waals surface area contributed by atoms with Crippen molar-refractivity contribution in [3.8, 4) is 11.1 Å². The van der Waals surface area contributed by atoms with Crippen molar-refractivity contribution in [3.63, 3.8) is 0 Å². The number of ether oxygens (including phenoxy) is 1. The number of carbonyl (C=O) groups excluding carboxylic acids is 1. The maximum absolute atomic E-state index is 13.2. The fourth-order valence-corrected chi connectivity index (χ4v) is 5.76. The van der Waals surface area contributed by atoms with Gasteiger partial charge < -0.3 is 9.64 Å². The first-order chi connectivity index (χ1) is 17.7. The molecule has 3 aromatic rings. The van der Waals surface area contributed by atoms with Crippen LogP contribution in [0.1, 0.15) is 16.0 Å². The van der Waals surface area contributed by atoms with Gasteiger partial charge in [-0.1, -0.05) is 12.1 Å². The average Bonchev–Trinajstić information content (AvgIpc) is 3.28. The van der Waals surface area contributed by atoms with Gasteiger partial charge in [0.2, 0.25) is 5.91 Å². The number of hydrogen-bond donors (Lipinski definition) is 1. The monoisotopic (exact) mass is 578 g/mol. The molecule has 38 heavy (non-hydrogen) atoms. The van der Waals surface area contributed by atoms with Crippen LogP contribution in [0.4, 0.5) is 32.0 Å². The molecule has 1 saturated heterocycles. The molecule has 4 rings (SSSR count). The number of amides is 1. The Hall–Kier alpha value is -3.10. The van der Waals surface area contributed by atoms with Gasteiger partial charge in [0.25, 0.3) is 10.0 Å². The van der Waals surface area contributed by atoms with Gasteiger partial charge in [0, 0.05) is 18.0 Å². The van der Waals surface area contributed by atoms with Crippen LogP contribution in [0.25, 0.3) is 11.1 Å². The summed E-state index contributed by atoms with van der Waals surface area (Å²) in [6.07, 6.45) is -10.0. The number of nitrogens with one attached hydrogen (secondary N) is 1. The Kier molecular flexibility index (Phi) is 7.77. The zero-order valence-electron chi connectivity index (χ0n) is 19.4. The lowest BCUT2D eigenvalue weighted by Crippen LogP contribution is -2.41. The molecule has 14 heteroatoms. The Balaban J connectivity index is 1.55. The molecular weight excluding hydrogens is 558 g/mol. The molecule has 0 unspecified atom stereocenters. The molecule has 1 aliphatic rings. The number of benzene rings is 2. The van der Waals surface area contributed by atoms with Crippen LogP contribution in [0.2, 0.25) is 0 Å². The van der Waals surface area contributed by atoms with E-state index in [-0.39, 0.29) is 40.1 Å². The standard InChI is InChI=1S/C24H20F6N2O4S2/c25-23(26,27)17-11-16(12-18(13-17)24(28,29)30)15-1-3-19(4-2-15)38(34,35)31-20-5-10-37-21(20)14-22(33)32-6-8-36-9-7-32/h1-5,10-13,31H,6-9,14H2. The molecule has 204 valence electrons. The highest BCUT2D eigenvalue weighted by molar-refractivity contribution is 7.92. The summed E-state index contributed by atoms with van der Waals surface area (Å²) >= 11 is 1.19. The quantitative estimate of drug-likeness (QED) is 0.384. The van der Waals surface area contributed by atoms with Gasteiger partial charge in [-0.25, -0.2) is 8.42 Å². The number of alkyl halides is 6. The van der Waals surface area contributed by atoms with E-state index in [1.54, 1.807) is 10.3 Å². The third-order valence-corrected chi connectivity index (χ3v) is 8.05. The van der Waals surface area contributed by atoms with Crippen LogP contribution < -0.4 is 4.72 Å². The molecule has 1 N–H and O–H groups in total. The number of carbonyl (C=O) groups is 1. The van der Waals surface area contributed by atoms with E-state index in [9.17, 15) is 39.6 Å². The summed E-state index contributed by atoms with van der Waals surface area (Å²) in [5.41, 5.74) is -3.15. The average molecular weight is 579 g/mol. The van der Waals surface area contributed by atoms with Crippen molar-refractivity contribution in [1.82, 2.24) is 4.90 Å². The zero-order chi connectivity index (χ0) is 27.7. The van der Waals surface area contributed by atoms with E-state index >= 15 is 0 Å². The van der Waals surface area contributed by atoms with Gasteiger partial charge in [0.05, 0.1) is 41.3 Å². The fraction of sp³-hybridized carbons (Fsp3) is 0.292. The Morgan fingerprint density at radius 3 is 2.03 bits per heavy atom. The van der Waals surface area contributed by atoms with Crippen molar-refractivity contribution < 1.29 is 44.3 Å². The van der Waals surface area contributed by atoms with Crippen molar-refractivity contribution in [1.29, 1.82) is 0 Å². The topological polar surface area (TPSA) is 75.7 Å². The summed E-state index contributed by atoms with van der Waals surface area (Å²) < 4.78 is 113. The van der Waals surface area contributed by atoms with Gasteiger partial charge in [-0.2, -0.15) is 26.3 Å². The van der Waals surface area contributed by atoms with Gasteiger partial charge in [-0.05, 0) is 52.9 Å². The van der Waals surface area contributed by atoms with E-state index in [2.05, 4.69) is 4.72 Å². The molecule has 6 nitrogen and oxygen atoms in total. The predicted octanol–water partition coefficient (Wildman–Crippen LogP) is 5.65. The van der Waals surface area contributed by atoms with Gasteiger partial charge in [0.1, 0.15) is 0 Å². The Bertz CT molecular complexity index is 1380. The van der Waals surface area contributed by atoms with Crippen LogP contribution in [0.15, 0.2) is 58.8 Å². The summed E-state index contributed by atoms with van der Waals surface area (Å²) in [6, 6.07) is 7.07. The van der Waals surface area contributed by atoms with Crippen LogP contribution >= 0.6 is 11.3 Å². The maximum atomic E-state index is 13.2. The first-order valence-corrected chi connectivity index (χ1v) is 13.4. The minimum Gasteiger partial charge on any atom is -0.378 e. The van der Waals surface area contributed by atoms with E-state index in [0.29, 0.717) is 43.3 Å². The lowest BCUT2D eigenvalue weighted by Gasteiger charge is -2.26. The number of sulfonamides is 1. The Labute approximate surface area is 217 Å². The second-order valence-corrected chi connectivity index (χ2v) is 11.0. The van der Waals surface area contributed by atoms with E-state index in [1.165, 1.54) is 17.4 Å². The van der Waals surface area contributed by atoms with Crippen molar-refractivity contribution in [2.75, 3.05) is 31.0 Å². The minimum atomic E-state index is -5.01. The number of hydrogen-bond acceptors (Lipinski definition) is 5. The molecule has 1 aliphatic heterocycles. The molecule has 2 aromatic carbocycles. The van der Waals surface area contributed by atoms with Crippen LogP contribution in [0.3, 0.4) is 0 Å². The summed E-state index contributed by atoms with van der Waals surface area (Å²) in [5, 5.41) is 1.62. The molecular formula is C24H20F6N2O4S2. The first-order valence-electron chi connectivity index (χ1n) is 11.1. The lowest BCUT2D eigenvalue weighted by molar-refractivity contribution is -0.143. The van der Waals surface area contributed by atoms with Gasteiger partial charge >= 0.3 is 12.4 Å². The predicted molar refractivity (Wildman–Crippen MR) is 128 cm³/mol. The molecule has 1 amide bonds. The molecule has 0 aliphatic carbocycles. The van der Waals surface area contributed by atoms with Crippen LogP contribution in [-0.2, 0) is 38.3 Å². The minimum absolute atomic E-state index is 0.0223. The fourth-order valence-electron chi connectivity index (χ4n) is 3.78. The summed E-state index contributed by atoms with van der Waals surface area (Å²) in [7, 11) is -4.18. The molecule has 0 bridgehead atoms. The molecule has 0 spiro atoms. The molecule has 0 radical (unpaired) electrons. The zero-order valence-corrected chi connectivity index (χ0v) is 21.0. The number of nitrogens with zero attached hydrogens (tertiary/aromatic N) is 1. The van der Waals surface area contributed by atoms with Crippen LogP contribution in [-0.4, -0.2) is 45.5 Å². The highest BCUT2D eigenvalue weighted by Gasteiger charge is 2.37. The third kappa shape index (κ3) is 6.48. The number of rotatable bonds is 6. The van der Waals surface area contributed by atoms with Crippen molar-refractivity contribution in [2.24, 2.45) is 0 Å². The summed E-state index contributed by atoms with van der Waals surface area (Å²) in [4.78, 5) is 14.4. The first kappa shape index (κ1) is 27.9. The number of anilines is 1. The van der Waals surface area contributed by atoms with E-state index in [4.69, 9.17) is 4.74 Å². The van der Waals surface area contributed by atoms with Gasteiger partial charge in [0.15, 0.2) is 0 Å². The van der Waals surface area contributed by atoms with E-state index < -0.39 is 33.5 Å². The summed E-state index contributed by atoms with van der Waals surface area (Å²) in [5.74, 6) is -0.181. The highest BCUT2D eigenvalue weighted by Crippen LogP contribution is 2.39. The normalized spacial score (nSPS) is 14.9. The van der Waals surface area contributed by atoms with Crippen molar-refractivity contribution >= 4 is 33.0 Å². The molecule has 2 heterocycles. The van der Waals surface area contributed by atoms with E-state index in [1.807, 2.05) is 0 Å². The molecule has 1 aromatic heterocycles. The number of thiophene rings is 1. The largest absolute Gasteiger partial charge is 0.416 e. The highest BCUT2D eigenvalue weighted by atomic mass is 32.2. The SMILES string of the molecule is O=C(Cc1sccc1NS(=O)(=O)c1ccc(-c2cc(C(F)(F)F)cc(C(F)(F)F)c2)cc1)N1CCOCC1. The van der Waals surface area contributed by atoms with Crippen molar-refractivity contribution in [2.45, 2.75) is 23.7 Å². The van der Waals surface area contributed by atoms with Gasteiger partial charge in [-0.15, -0.1) is 11.3 Å². The van der Waals surface area contributed by atoms with Crippen molar-refractivity contribution in [3.05, 3.63) is 69.9 Å². The van der Waals surface area contributed by atoms with Crippen LogP contribution in [0, 0.1) is 0 Å². The number of halogens is 6. The van der Waals surface area contributed by atoms with Crippen LogP contribution in [0.5, 0.6) is 0 Å². The number of morpholine rings is 1. The van der Waals surface area contributed by atoms with E-state index in [0.717, 1.165) is 24.3 Å². The summed E-state index contributed by atoms with van der Waals surface area (Å²) in [6.45, 7) is 1.72. The molecule has 0 saturated carbocycles. The molecule has 1 fully saturated rings. The third-order valence-electron chi connectivity index (χ3n) is 5.75. The second kappa shape index (κ2) is 10.6. The maximum Gasteiger partial charge on any atom is 0.416 e.